The SMILES string of the molecule is CC(CN=C1NC2(CCCC2)CS1)N1CCCCC1. The second-order valence-electron chi connectivity index (χ2n) is 6.49. The number of thioether (sulfide) groups is 1. The van der Waals surface area contributed by atoms with Crippen LogP contribution >= 0.6 is 11.8 Å². The van der Waals surface area contributed by atoms with Crippen molar-refractivity contribution in [1.29, 1.82) is 0 Å². The first kappa shape index (κ1) is 13.7. The Labute approximate surface area is 121 Å². The van der Waals surface area contributed by atoms with Gasteiger partial charge in [-0.3, -0.25) is 9.89 Å². The van der Waals surface area contributed by atoms with E-state index in [1.807, 2.05) is 11.8 Å². The number of likely N-dealkylation sites (tertiary alicyclic amines) is 1. The fourth-order valence-corrected chi connectivity index (χ4v) is 4.83. The first-order valence-electron chi connectivity index (χ1n) is 7.97. The smallest absolute Gasteiger partial charge is 0.157 e. The van der Waals surface area contributed by atoms with Crippen LogP contribution in [-0.2, 0) is 0 Å². The van der Waals surface area contributed by atoms with E-state index < -0.39 is 0 Å². The van der Waals surface area contributed by atoms with Crippen LogP contribution in [0.3, 0.4) is 0 Å². The Morgan fingerprint density at radius 3 is 2.68 bits per heavy atom. The Balaban J connectivity index is 1.49. The van der Waals surface area contributed by atoms with Crippen LogP contribution < -0.4 is 5.32 Å². The van der Waals surface area contributed by atoms with E-state index in [2.05, 4.69) is 17.1 Å². The molecule has 3 rings (SSSR count). The van der Waals surface area contributed by atoms with Crippen LogP contribution in [0.2, 0.25) is 0 Å². The summed E-state index contributed by atoms with van der Waals surface area (Å²) >= 11 is 1.95. The number of hydrogen-bond acceptors (Lipinski definition) is 3. The first-order chi connectivity index (χ1) is 9.27. The molecule has 1 N–H and O–H groups in total. The van der Waals surface area contributed by atoms with Crippen molar-refractivity contribution in [1.82, 2.24) is 10.2 Å². The number of nitrogens with zero attached hydrogens (tertiary/aromatic N) is 2. The maximum atomic E-state index is 4.84. The number of rotatable bonds is 3. The predicted octanol–water partition coefficient (Wildman–Crippen LogP) is 2.87. The molecule has 1 spiro atoms. The van der Waals surface area contributed by atoms with E-state index in [0.717, 1.165) is 6.54 Å². The molecule has 2 saturated heterocycles. The third kappa shape index (κ3) is 3.27. The van der Waals surface area contributed by atoms with Crippen molar-refractivity contribution >= 4 is 16.9 Å². The zero-order valence-electron chi connectivity index (χ0n) is 12.2. The van der Waals surface area contributed by atoms with Crippen LogP contribution in [0, 0.1) is 0 Å². The zero-order valence-corrected chi connectivity index (χ0v) is 13.0. The Morgan fingerprint density at radius 2 is 1.95 bits per heavy atom. The summed E-state index contributed by atoms with van der Waals surface area (Å²) in [5.41, 5.74) is 0.415. The summed E-state index contributed by atoms with van der Waals surface area (Å²) in [6.07, 6.45) is 9.64. The third-order valence-corrected chi connectivity index (χ3v) is 6.13. The quantitative estimate of drug-likeness (QED) is 0.862. The number of piperidine rings is 1. The first-order valence-corrected chi connectivity index (χ1v) is 8.96. The van der Waals surface area contributed by atoms with Gasteiger partial charge >= 0.3 is 0 Å². The molecule has 0 aromatic rings. The number of hydrogen-bond donors (Lipinski definition) is 1. The normalized spacial score (nSPS) is 30.9. The Bertz CT molecular complexity index is 330. The van der Waals surface area contributed by atoms with Crippen LogP contribution in [0.25, 0.3) is 0 Å². The predicted molar refractivity (Wildman–Crippen MR) is 84.0 cm³/mol. The van der Waals surface area contributed by atoms with Crippen molar-refractivity contribution in [2.75, 3.05) is 25.4 Å². The molecule has 108 valence electrons. The highest BCUT2D eigenvalue weighted by molar-refractivity contribution is 8.14. The van der Waals surface area contributed by atoms with Gasteiger partial charge in [0.1, 0.15) is 0 Å². The minimum atomic E-state index is 0.415. The second kappa shape index (κ2) is 6.04. The van der Waals surface area contributed by atoms with Crippen LogP contribution in [0.4, 0.5) is 0 Å². The van der Waals surface area contributed by atoms with Gasteiger partial charge in [0.25, 0.3) is 0 Å². The molecule has 0 aromatic carbocycles. The maximum absolute atomic E-state index is 4.84. The summed E-state index contributed by atoms with van der Waals surface area (Å²) in [4.78, 5) is 7.45. The van der Waals surface area contributed by atoms with Gasteiger partial charge in [0.2, 0.25) is 0 Å². The molecule has 3 nitrogen and oxygen atoms in total. The molecule has 2 heterocycles. The highest BCUT2D eigenvalue weighted by atomic mass is 32.2. The summed E-state index contributed by atoms with van der Waals surface area (Å²) < 4.78 is 0. The van der Waals surface area contributed by atoms with Crippen molar-refractivity contribution in [2.24, 2.45) is 4.99 Å². The van der Waals surface area contributed by atoms with E-state index in [9.17, 15) is 0 Å². The largest absolute Gasteiger partial charge is 0.359 e. The molecule has 2 aliphatic heterocycles. The van der Waals surface area contributed by atoms with E-state index in [4.69, 9.17) is 4.99 Å². The number of aliphatic imine (C=N–C) groups is 1. The Hall–Kier alpha value is -0.220. The van der Waals surface area contributed by atoms with E-state index in [0.29, 0.717) is 11.6 Å². The monoisotopic (exact) mass is 281 g/mol. The molecule has 1 atom stereocenters. The lowest BCUT2D eigenvalue weighted by Crippen LogP contribution is -2.41. The van der Waals surface area contributed by atoms with Crippen LogP contribution in [-0.4, -0.2) is 47.0 Å². The molecule has 0 amide bonds. The van der Waals surface area contributed by atoms with Crippen LogP contribution in [0.5, 0.6) is 0 Å². The maximum Gasteiger partial charge on any atom is 0.157 e. The fraction of sp³-hybridized carbons (Fsp3) is 0.933. The highest BCUT2D eigenvalue weighted by Gasteiger charge is 2.39. The zero-order chi connectivity index (χ0) is 13.1. The molecule has 1 saturated carbocycles. The molecule has 19 heavy (non-hydrogen) atoms. The lowest BCUT2D eigenvalue weighted by atomic mass is 10.0. The van der Waals surface area contributed by atoms with Gasteiger partial charge in [-0.1, -0.05) is 31.0 Å². The average molecular weight is 281 g/mol. The van der Waals surface area contributed by atoms with E-state index >= 15 is 0 Å². The molecule has 3 fully saturated rings. The van der Waals surface area contributed by atoms with Gasteiger partial charge in [-0.05, 0) is 45.7 Å². The average Bonchev–Trinajstić information content (AvgIpc) is 3.08. The van der Waals surface area contributed by atoms with E-state index in [1.54, 1.807) is 0 Å². The molecular weight excluding hydrogens is 254 g/mol. The second-order valence-corrected chi connectivity index (χ2v) is 7.46. The van der Waals surface area contributed by atoms with Gasteiger partial charge in [0, 0.05) is 17.3 Å². The Kier molecular flexibility index (Phi) is 4.37. The molecule has 0 aromatic heterocycles. The third-order valence-electron chi connectivity index (χ3n) is 4.93. The molecule has 1 unspecified atom stereocenters. The van der Waals surface area contributed by atoms with Crippen LogP contribution in [0.1, 0.15) is 51.9 Å². The number of nitrogens with one attached hydrogen (secondary N) is 1. The molecular formula is C15H27N3S. The van der Waals surface area contributed by atoms with E-state index in [1.165, 1.54) is 69.0 Å². The number of amidine groups is 1. The van der Waals surface area contributed by atoms with Gasteiger partial charge in [-0.15, -0.1) is 0 Å². The summed E-state index contributed by atoms with van der Waals surface area (Å²) in [7, 11) is 0. The summed E-state index contributed by atoms with van der Waals surface area (Å²) in [5.74, 6) is 1.24. The van der Waals surface area contributed by atoms with Gasteiger partial charge in [-0.25, -0.2) is 0 Å². The molecule has 1 aliphatic carbocycles. The molecule has 3 aliphatic rings. The van der Waals surface area contributed by atoms with Gasteiger partial charge < -0.3 is 5.32 Å². The summed E-state index contributed by atoms with van der Waals surface area (Å²) in [5, 5.41) is 4.93. The van der Waals surface area contributed by atoms with Crippen molar-refractivity contribution in [3.05, 3.63) is 0 Å². The highest BCUT2D eigenvalue weighted by Crippen LogP contribution is 2.37. The van der Waals surface area contributed by atoms with Crippen molar-refractivity contribution in [3.8, 4) is 0 Å². The van der Waals surface area contributed by atoms with Gasteiger partial charge in [0.05, 0.1) is 6.54 Å². The molecule has 0 radical (unpaired) electrons. The lowest BCUT2D eigenvalue weighted by molar-refractivity contribution is 0.178. The van der Waals surface area contributed by atoms with Crippen molar-refractivity contribution in [3.63, 3.8) is 0 Å². The topological polar surface area (TPSA) is 27.6 Å². The summed E-state index contributed by atoms with van der Waals surface area (Å²) in [6.45, 7) is 5.85. The molecule has 0 bridgehead atoms. The Morgan fingerprint density at radius 1 is 1.21 bits per heavy atom. The lowest BCUT2D eigenvalue weighted by Gasteiger charge is -2.31. The van der Waals surface area contributed by atoms with Gasteiger partial charge in [0.15, 0.2) is 5.17 Å². The molecule has 4 heteroatoms. The van der Waals surface area contributed by atoms with Crippen molar-refractivity contribution in [2.45, 2.75) is 63.5 Å². The summed E-state index contributed by atoms with van der Waals surface area (Å²) in [6, 6.07) is 0.607. The standard InChI is InChI=1S/C15H27N3S/c1-13(18-9-5-2-6-10-18)11-16-14-17-15(12-19-14)7-3-4-8-15/h13H,2-12H2,1H3,(H,16,17). The minimum Gasteiger partial charge on any atom is -0.359 e. The van der Waals surface area contributed by atoms with Gasteiger partial charge in [-0.2, -0.15) is 0 Å². The van der Waals surface area contributed by atoms with Crippen LogP contribution in [0.15, 0.2) is 4.99 Å². The minimum absolute atomic E-state index is 0.415. The van der Waals surface area contributed by atoms with E-state index in [-0.39, 0.29) is 0 Å². The van der Waals surface area contributed by atoms with Crippen molar-refractivity contribution < 1.29 is 0 Å². The fourth-order valence-electron chi connectivity index (χ4n) is 3.60.